The number of nitrogen functional groups attached to an aromatic ring is 1. The van der Waals surface area contributed by atoms with Crippen LogP contribution < -0.4 is 16.4 Å². The summed E-state index contributed by atoms with van der Waals surface area (Å²) in [6, 6.07) is 7.35. The number of aromatic nitrogens is 2. The molecule has 0 radical (unpaired) electrons. The molecule has 0 amide bonds. The third kappa shape index (κ3) is 2.81. The molecule has 0 aliphatic carbocycles. The predicted molar refractivity (Wildman–Crippen MR) is 75.3 cm³/mol. The van der Waals surface area contributed by atoms with E-state index in [1.807, 2.05) is 19.1 Å². The number of nitrogens with two attached hydrogens (primary N) is 1. The van der Waals surface area contributed by atoms with Gasteiger partial charge in [-0.2, -0.15) is 0 Å². The maximum absolute atomic E-state index is 5.97. The van der Waals surface area contributed by atoms with E-state index in [-0.39, 0.29) is 0 Å². The molecule has 1 aromatic carbocycles. The van der Waals surface area contributed by atoms with Gasteiger partial charge in [0.1, 0.15) is 12.0 Å². The summed E-state index contributed by atoms with van der Waals surface area (Å²) in [5.41, 5.74) is 7.29. The summed E-state index contributed by atoms with van der Waals surface area (Å²) in [5, 5.41) is 6.83. The number of hydrogen-bond donors (Lipinski definition) is 3. The molecule has 0 saturated heterocycles. The SMILES string of the molecule is CCNc1ncnc(Nc2cccc(Cl)c2)c1N. The van der Waals surface area contributed by atoms with Gasteiger partial charge in [-0.05, 0) is 25.1 Å². The first-order valence-corrected chi connectivity index (χ1v) is 5.95. The Hall–Kier alpha value is -2.01. The van der Waals surface area contributed by atoms with Crippen LogP contribution in [0.25, 0.3) is 0 Å². The molecule has 6 heteroatoms. The van der Waals surface area contributed by atoms with E-state index in [9.17, 15) is 0 Å². The number of halogens is 1. The van der Waals surface area contributed by atoms with Crippen molar-refractivity contribution in [3.05, 3.63) is 35.6 Å². The van der Waals surface area contributed by atoms with Crippen molar-refractivity contribution >= 4 is 34.6 Å². The number of benzene rings is 1. The number of nitrogens with one attached hydrogen (secondary N) is 2. The van der Waals surface area contributed by atoms with Crippen molar-refractivity contribution in [2.75, 3.05) is 22.9 Å². The molecule has 2 aromatic rings. The summed E-state index contributed by atoms with van der Waals surface area (Å²) in [5.74, 6) is 1.18. The molecule has 2 rings (SSSR count). The molecule has 5 nitrogen and oxygen atoms in total. The van der Waals surface area contributed by atoms with Crippen LogP contribution in [0.1, 0.15) is 6.92 Å². The highest BCUT2D eigenvalue weighted by Gasteiger charge is 2.07. The van der Waals surface area contributed by atoms with Gasteiger partial charge in [0.15, 0.2) is 11.6 Å². The Labute approximate surface area is 110 Å². The van der Waals surface area contributed by atoms with Gasteiger partial charge in [0.05, 0.1) is 0 Å². The Balaban J connectivity index is 2.26. The second-order valence-electron chi connectivity index (χ2n) is 3.65. The summed E-state index contributed by atoms with van der Waals surface area (Å²) in [4.78, 5) is 8.19. The molecule has 0 bridgehead atoms. The van der Waals surface area contributed by atoms with Gasteiger partial charge in [-0.15, -0.1) is 0 Å². The van der Waals surface area contributed by atoms with Gasteiger partial charge in [-0.1, -0.05) is 17.7 Å². The Morgan fingerprint density at radius 3 is 2.78 bits per heavy atom. The van der Waals surface area contributed by atoms with Crippen molar-refractivity contribution < 1.29 is 0 Å². The summed E-state index contributed by atoms with van der Waals surface area (Å²) in [6.45, 7) is 2.73. The normalized spacial score (nSPS) is 10.1. The fraction of sp³-hybridized carbons (Fsp3) is 0.167. The van der Waals surface area contributed by atoms with Crippen molar-refractivity contribution in [3.63, 3.8) is 0 Å². The summed E-state index contributed by atoms with van der Waals surface area (Å²) < 4.78 is 0. The zero-order valence-corrected chi connectivity index (χ0v) is 10.7. The summed E-state index contributed by atoms with van der Waals surface area (Å²) >= 11 is 5.92. The van der Waals surface area contributed by atoms with Gasteiger partial charge in [0, 0.05) is 17.3 Å². The fourth-order valence-corrected chi connectivity index (χ4v) is 1.70. The van der Waals surface area contributed by atoms with Gasteiger partial charge >= 0.3 is 0 Å². The van der Waals surface area contributed by atoms with Crippen LogP contribution in [0.3, 0.4) is 0 Å². The van der Waals surface area contributed by atoms with Crippen molar-refractivity contribution in [3.8, 4) is 0 Å². The molecule has 0 fully saturated rings. The van der Waals surface area contributed by atoms with E-state index in [0.717, 1.165) is 12.2 Å². The molecule has 0 atom stereocenters. The van der Waals surface area contributed by atoms with Crippen LogP contribution in [-0.4, -0.2) is 16.5 Å². The Morgan fingerprint density at radius 1 is 1.28 bits per heavy atom. The lowest BCUT2D eigenvalue weighted by atomic mass is 10.3. The lowest BCUT2D eigenvalue weighted by molar-refractivity contribution is 1.12. The van der Waals surface area contributed by atoms with Gasteiger partial charge < -0.3 is 16.4 Å². The standard InChI is InChI=1S/C12H14ClN5/c1-2-15-11-10(14)12(17-7-16-11)18-9-5-3-4-8(13)6-9/h3-7H,2,14H2,1H3,(H2,15,16,17,18). The monoisotopic (exact) mass is 263 g/mol. The van der Waals surface area contributed by atoms with Crippen LogP contribution in [0.4, 0.5) is 23.0 Å². The maximum atomic E-state index is 5.97. The first kappa shape index (κ1) is 12.4. The van der Waals surface area contributed by atoms with E-state index in [1.165, 1.54) is 6.33 Å². The molecule has 1 heterocycles. The molecule has 0 aliphatic rings. The molecular formula is C12H14ClN5. The first-order valence-electron chi connectivity index (χ1n) is 5.57. The highest BCUT2D eigenvalue weighted by molar-refractivity contribution is 6.30. The smallest absolute Gasteiger partial charge is 0.159 e. The third-order valence-electron chi connectivity index (χ3n) is 2.32. The molecule has 1 aromatic heterocycles. The lowest BCUT2D eigenvalue weighted by Gasteiger charge is -2.11. The minimum atomic E-state index is 0.485. The van der Waals surface area contributed by atoms with E-state index in [2.05, 4.69) is 20.6 Å². The van der Waals surface area contributed by atoms with Crippen LogP contribution in [-0.2, 0) is 0 Å². The minimum Gasteiger partial charge on any atom is -0.393 e. The highest BCUT2D eigenvalue weighted by atomic mass is 35.5. The van der Waals surface area contributed by atoms with Crippen LogP contribution in [0.2, 0.25) is 5.02 Å². The second kappa shape index (κ2) is 5.55. The largest absolute Gasteiger partial charge is 0.393 e. The van der Waals surface area contributed by atoms with Crippen LogP contribution in [0.15, 0.2) is 30.6 Å². The minimum absolute atomic E-state index is 0.485. The summed E-state index contributed by atoms with van der Waals surface area (Å²) in [6.07, 6.45) is 1.46. The van der Waals surface area contributed by atoms with E-state index < -0.39 is 0 Å². The van der Waals surface area contributed by atoms with E-state index >= 15 is 0 Å². The van der Waals surface area contributed by atoms with E-state index in [1.54, 1.807) is 12.1 Å². The predicted octanol–water partition coefficient (Wildman–Crippen LogP) is 2.89. The van der Waals surface area contributed by atoms with Crippen molar-refractivity contribution in [1.29, 1.82) is 0 Å². The van der Waals surface area contributed by atoms with Gasteiger partial charge in [0.2, 0.25) is 0 Å². The average molecular weight is 264 g/mol. The molecule has 4 N–H and O–H groups in total. The number of anilines is 4. The molecule has 0 saturated carbocycles. The van der Waals surface area contributed by atoms with Crippen molar-refractivity contribution in [2.45, 2.75) is 6.92 Å². The zero-order chi connectivity index (χ0) is 13.0. The molecule has 0 unspecified atom stereocenters. The molecule has 0 aliphatic heterocycles. The van der Waals surface area contributed by atoms with Crippen LogP contribution >= 0.6 is 11.6 Å². The first-order chi connectivity index (χ1) is 8.70. The highest BCUT2D eigenvalue weighted by Crippen LogP contribution is 2.26. The average Bonchev–Trinajstić information content (AvgIpc) is 2.35. The fourth-order valence-electron chi connectivity index (χ4n) is 1.51. The molecule has 18 heavy (non-hydrogen) atoms. The van der Waals surface area contributed by atoms with Crippen molar-refractivity contribution in [2.24, 2.45) is 0 Å². The molecule has 0 spiro atoms. The Morgan fingerprint density at radius 2 is 2.06 bits per heavy atom. The van der Waals surface area contributed by atoms with Crippen LogP contribution in [0.5, 0.6) is 0 Å². The second-order valence-corrected chi connectivity index (χ2v) is 4.09. The number of rotatable bonds is 4. The topological polar surface area (TPSA) is 75.9 Å². The van der Waals surface area contributed by atoms with E-state index in [4.69, 9.17) is 17.3 Å². The number of hydrogen-bond acceptors (Lipinski definition) is 5. The zero-order valence-electron chi connectivity index (χ0n) is 9.94. The third-order valence-corrected chi connectivity index (χ3v) is 2.55. The molecular weight excluding hydrogens is 250 g/mol. The van der Waals surface area contributed by atoms with Gasteiger partial charge in [-0.25, -0.2) is 9.97 Å². The van der Waals surface area contributed by atoms with Crippen LogP contribution in [0, 0.1) is 0 Å². The van der Waals surface area contributed by atoms with E-state index in [0.29, 0.717) is 22.3 Å². The van der Waals surface area contributed by atoms with Gasteiger partial charge in [0.25, 0.3) is 0 Å². The Kier molecular flexibility index (Phi) is 3.84. The van der Waals surface area contributed by atoms with Crippen molar-refractivity contribution in [1.82, 2.24) is 9.97 Å². The number of nitrogens with zero attached hydrogens (tertiary/aromatic N) is 2. The summed E-state index contributed by atoms with van der Waals surface area (Å²) in [7, 11) is 0. The Bertz CT molecular complexity index is 544. The molecule has 94 valence electrons. The van der Waals surface area contributed by atoms with Gasteiger partial charge in [-0.3, -0.25) is 0 Å². The lowest BCUT2D eigenvalue weighted by Crippen LogP contribution is -2.07. The quantitative estimate of drug-likeness (QED) is 0.791. The maximum Gasteiger partial charge on any atom is 0.159 e.